The quantitative estimate of drug-likeness (QED) is 0.272. The number of carbonyl (C=O) groups excluding carboxylic acids is 4. The molecule has 0 aromatic heterocycles. The second-order valence-corrected chi connectivity index (χ2v) is 9.64. The van der Waals surface area contributed by atoms with Gasteiger partial charge in [0.15, 0.2) is 0 Å². The molecule has 0 aliphatic heterocycles. The van der Waals surface area contributed by atoms with Crippen molar-refractivity contribution in [3.63, 3.8) is 0 Å². The molecule has 0 heterocycles. The average Bonchev–Trinajstić information content (AvgIpc) is 2.83. The van der Waals surface area contributed by atoms with Crippen molar-refractivity contribution in [1.82, 2.24) is 16.0 Å². The lowest BCUT2D eigenvalue weighted by Gasteiger charge is -2.25. The Hall–Kier alpha value is -4.48. The summed E-state index contributed by atoms with van der Waals surface area (Å²) in [5.74, 6) is -1.79. The number of nitro benzene ring substituents is 1. The van der Waals surface area contributed by atoms with Crippen molar-refractivity contribution in [3.8, 4) is 0 Å². The molecule has 3 atom stereocenters. The van der Waals surface area contributed by atoms with E-state index in [1.165, 1.54) is 38.1 Å². The molecular weight excluding hydrogens is 494 g/mol. The fraction of sp³-hybridized carbons (Fsp3) is 0.385. The van der Waals surface area contributed by atoms with Gasteiger partial charge in [0.2, 0.25) is 17.7 Å². The molecule has 0 saturated carbocycles. The van der Waals surface area contributed by atoms with E-state index in [0.717, 1.165) is 5.56 Å². The number of non-ortho nitro benzene ring substituents is 1. The second-order valence-electron chi connectivity index (χ2n) is 9.64. The van der Waals surface area contributed by atoms with Gasteiger partial charge in [0.1, 0.15) is 23.7 Å². The second kappa shape index (κ2) is 13.2. The first kappa shape index (κ1) is 29.7. The highest BCUT2D eigenvalue weighted by atomic mass is 16.6. The molecule has 0 aliphatic rings. The maximum Gasteiger partial charge on any atom is 0.408 e. The summed E-state index contributed by atoms with van der Waals surface area (Å²) in [6, 6.07) is 11.2. The maximum absolute atomic E-state index is 13.0. The molecule has 0 unspecified atom stereocenters. The SMILES string of the molecule is C[C@H](NC(=O)[C@@H](C)NC(=O)[C@H](Cc1ccccc1)NC(=O)OC(C)(C)C)C(=O)Nc1ccc([N+](=O)[O-])cc1. The van der Waals surface area contributed by atoms with Crippen LogP contribution in [0.3, 0.4) is 0 Å². The Morgan fingerprint density at radius 3 is 1.95 bits per heavy atom. The summed E-state index contributed by atoms with van der Waals surface area (Å²) in [5.41, 5.74) is 0.217. The predicted molar refractivity (Wildman–Crippen MR) is 140 cm³/mol. The maximum atomic E-state index is 13.0. The van der Waals surface area contributed by atoms with Crippen LogP contribution in [0.4, 0.5) is 16.2 Å². The third kappa shape index (κ3) is 9.88. The van der Waals surface area contributed by atoms with E-state index in [-0.39, 0.29) is 12.1 Å². The van der Waals surface area contributed by atoms with E-state index in [1.54, 1.807) is 45.0 Å². The van der Waals surface area contributed by atoms with Crippen LogP contribution in [0.15, 0.2) is 54.6 Å². The molecule has 38 heavy (non-hydrogen) atoms. The summed E-state index contributed by atoms with van der Waals surface area (Å²) in [6.07, 6.45) is -0.615. The fourth-order valence-electron chi connectivity index (χ4n) is 3.21. The summed E-state index contributed by atoms with van der Waals surface area (Å²) in [6.45, 7) is 8.00. The highest BCUT2D eigenvalue weighted by molar-refractivity contribution is 5.98. The lowest BCUT2D eigenvalue weighted by molar-refractivity contribution is -0.384. The van der Waals surface area contributed by atoms with Gasteiger partial charge in [-0.05, 0) is 52.3 Å². The zero-order chi connectivity index (χ0) is 28.5. The molecule has 0 spiro atoms. The Kier molecular flexibility index (Phi) is 10.3. The molecule has 12 nitrogen and oxygen atoms in total. The van der Waals surface area contributed by atoms with Gasteiger partial charge < -0.3 is 26.0 Å². The third-order valence-electron chi connectivity index (χ3n) is 5.14. The van der Waals surface area contributed by atoms with Gasteiger partial charge in [-0.25, -0.2) is 4.79 Å². The first-order valence-electron chi connectivity index (χ1n) is 11.9. The van der Waals surface area contributed by atoms with Crippen molar-refractivity contribution < 1.29 is 28.8 Å². The van der Waals surface area contributed by atoms with Crippen LogP contribution in [-0.4, -0.2) is 52.5 Å². The molecule has 2 aromatic carbocycles. The highest BCUT2D eigenvalue weighted by Crippen LogP contribution is 2.15. The Labute approximate surface area is 220 Å². The van der Waals surface area contributed by atoms with Crippen molar-refractivity contribution in [2.45, 2.75) is 64.8 Å². The van der Waals surface area contributed by atoms with Crippen molar-refractivity contribution >= 4 is 35.2 Å². The lowest BCUT2D eigenvalue weighted by atomic mass is 10.0. The van der Waals surface area contributed by atoms with E-state index in [0.29, 0.717) is 5.69 Å². The number of alkyl carbamates (subject to hydrolysis) is 1. The van der Waals surface area contributed by atoms with Crippen LogP contribution in [0.1, 0.15) is 40.2 Å². The number of rotatable bonds is 10. The lowest BCUT2D eigenvalue weighted by Crippen LogP contribution is -2.55. The molecule has 0 radical (unpaired) electrons. The standard InChI is InChI=1S/C26H33N5O7/c1-16(22(32)27-17(2)23(33)29-19-11-13-20(14-12-19)31(36)37)28-24(34)21(15-18-9-7-6-8-10-18)30-25(35)38-26(3,4)5/h6-14,16-17,21H,15H2,1-5H3,(H,27,32)(H,28,34)(H,29,33)(H,30,35)/t16-,17+,21+/m1/s1. The Morgan fingerprint density at radius 1 is 0.842 bits per heavy atom. The van der Waals surface area contributed by atoms with Crippen LogP contribution >= 0.6 is 0 Å². The van der Waals surface area contributed by atoms with Crippen molar-refractivity contribution in [3.05, 3.63) is 70.3 Å². The minimum absolute atomic E-state index is 0.124. The Bertz CT molecular complexity index is 1150. The fourth-order valence-corrected chi connectivity index (χ4v) is 3.21. The molecule has 0 aliphatic carbocycles. The van der Waals surface area contributed by atoms with E-state index in [9.17, 15) is 29.3 Å². The molecule has 0 saturated heterocycles. The molecule has 4 N–H and O–H groups in total. The highest BCUT2D eigenvalue weighted by Gasteiger charge is 2.28. The zero-order valence-corrected chi connectivity index (χ0v) is 21.9. The van der Waals surface area contributed by atoms with Gasteiger partial charge in [-0.15, -0.1) is 0 Å². The van der Waals surface area contributed by atoms with Gasteiger partial charge >= 0.3 is 6.09 Å². The monoisotopic (exact) mass is 527 g/mol. The van der Waals surface area contributed by atoms with Gasteiger partial charge in [-0.2, -0.15) is 0 Å². The number of nitrogens with one attached hydrogen (secondary N) is 4. The molecule has 4 amide bonds. The summed E-state index contributed by atoms with van der Waals surface area (Å²) in [7, 11) is 0. The Morgan fingerprint density at radius 2 is 1.39 bits per heavy atom. The summed E-state index contributed by atoms with van der Waals surface area (Å²) < 4.78 is 5.27. The predicted octanol–water partition coefficient (Wildman–Crippen LogP) is 2.68. The minimum Gasteiger partial charge on any atom is -0.444 e. The molecule has 12 heteroatoms. The number of carbonyl (C=O) groups is 4. The molecule has 0 bridgehead atoms. The van der Waals surface area contributed by atoms with Crippen LogP contribution in [0.25, 0.3) is 0 Å². The number of amides is 4. The first-order valence-corrected chi connectivity index (χ1v) is 11.9. The largest absolute Gasteiger partial charge is 0.444 e. The van der Waals surface area contributed by atoms with E-state index in [1.807, 2.05) is 6.07 Å². The van der Waals surface area contributed by atoms with Gasteiger partial charge in [-0.1, -0.05) is 30.3 Å². The molecule has 0 fully saturated rings. The van der Waals surface area contributed by atoms with Crippen molar-refractivity contribution in [2.75, 3.05) is 5.32 Å². The summed E-state index contributed by atoms with van der Waals surface area (Å²) in [4.78, 5) is 60.7. The van der Waals surface area contributed by atoms with Crippen LogP contribution in [0.2, 0.25) is 0 Å². The van der Waals surface area contributed by atoms with E-state index in [2.05, 4.69) is 21.3 Å². The number of nitro groups is 1. The van der Waals surface area contributed by atoms with Crippen molar-refractivity contribution in [1.29, 1.82) is 0 Å². The average molecular weight is 528 g/mol. The van der Waals surface area contributed by atoms with Crippen molar-refractivity contribution in [2.24, 2.45) is 0 Å². The van der Waals surface area contributed by atoms with Gasteiger partial charge in [0.25, 0.3) is 5.69 Å². The summed E-state index contributed by atoms with van der Waals surface area (Å²) >= 11 is 0. The third-order valence-corrected chi connectivity index (χ3v) is 5.14. The van der Waals surface area contributed by atoms with Crippen LogP contribution < -0.4 is 21.3 Å². The first-order chi connectivity index (χ1) is 17.7. The number of hydrogen-bond donors (Lipinski definition) is 4. The number of hydrogen-bond acceptors (Lipinski definition) is 7. The topological polar surface area (TPSA) is 169 Å². The van der Waals surface area contributed by atoms with Crippen LogP contribution in [0, 0.1) is 10.1 Å². The number of nitrogens with zero attached hydrogens (tertiary/aromatic N) is 1. The van der Waals surface area contributed by atoms with E-state index in [4.69, 9.17) is 4.74 Å². The van der Waals surface area contributed by atoms with E-state index >= 15 is 0 Å². The van der Waals surface area contributed by atoms with Crippen LogP contribution in [0.5, 0.6) is 0 Å². The normalized spacial score (nSPS) is 13.3. The van der Waals surface area contributed by atoms with Gasteiger partial charge in [0.05, 0.1) is 4.92 Å². The number of ether oxygens (including phenoxy) is 1. The smallest absolute Gasteiger partial charge is 0.408 e. The number of anilines is 1. The molecular formula is C26H33N5O7. The number of benzene rings is 2. The van der Waals surface area contributed by atoms with Gasteiger partial charge in [0, 0.05) is 24.2 Å². The minimum atomic E-state index is -1.03. The molecule has 2 rings (SSSR count). The van der Waals surface area contributed by atoms with Gasteiger partial charge in [-0.3, -0.25) is 24.5 Å². The molecule has 2 aromatic rings. The zero-order valence-electron chi connectivity index (χ0n) is 21.9. The summed E-state index contributed by atoms with van der Waals surface area (Å²) in [5, 5.41) is 20.9. The molecule has 204 valence electrons. The van der Waals surface area contributed by atoms with E-state index < -0.39 is 52.5 Å². The van der Waals surface area contributed by atoms with Crippen LogP contribution in [-0.2, 0) is 25.5 Å². The Balaban J connectivity index is 1.98.